The van der Waals surface area contributed by atoms with Gasteiger partial charge in [0.05, 0.1) is 24.8 Å². The van der Waals surface area contributed by atoms with Gasteiger partial charge >= 0.3 is 0 Å². The van der Waals surface area contributed by atoms with Crippen molar-refractivity contribution < 1.29 is 27.5 Å². The molecule has 0 aromatic heterocycles. The molecular weight excluding hydrogens is 508 g/mol. The second-order valence-electron chi connectivity index (χ2n) is 8.17. The monoisotopic (exact) mass is 538 g/mol. The molecule has 11 heteroatoms. The van der Waals surface area contributed by atoms with Crippen LogP contribution >= 0.6 is 0 Å². The van der Waals surface area contributed by atoms with Crippen LogP contribution < -0.4 is 24.5 Å². The molecule has 3 aromatic carbocycles. The number of hydrogen-bond acceptors (Lipinski definition) is 7. The van der Waals surface area contributed by atoms with Gasteiger partial charge < -0.3 is 14.8 Å². The average molecular weight is 539 g/mol. The summed E-state index contributed by atoms with van der Waals surface area (Å²) in [5.41, 5.74) is 4.05. The van der Waals surface area contributed by atoms with Gasteiger partial charge in [-0.1, -0.05) is 18.2 Å². The Morgan fingerprint density at radius 2 is 1.55 bits per heavy atom. The number of nitrogens with one attached hydrogen (secondary N) is 2. The summed E-state index contributed by atoms with van der Waals surface area (Å²) >= 11 is 0. The Bertz CT molecular complexity index is 1340. The molecule has 0 fully saturated rings. The third kappa shape index (κ3) is 8.34. The smallest absolute Gasteiger partial charge is 0.263 e. The fraction of sp³-hybridized carbons (Fsp3) is 0.222. The molecule has 0 heterocycles. The molecule has 200 valence electrons. The van der Waals surface area contributed by atoms with Gasteiger partial charge in [0, 0.05) is 5.69 Å². The quantitative estimate of drug-likeness (QED) is 0.269. The highest BCUT2D eigenvalue weighted by Gasteiger charge is 2.29. The number of ether oxygens (including phenoxy) is 2. The van der Waals surface area contributed by atoms with Crippen molar-refractivity contribution in [1.82, 2.24) is 5.43 Å². The molecule has 38 heavy (non-hydrogen) atoms. The summed E-state index contributed by atoms with van der Waals surface area (Å²) in [5.74, 6) is 0.192. The van der Waals surface area contributed by atoms with Gasteiger partial charge in [-0.2, -0.15) is 5.10 Å². The number of nitrogens with zero attached hydrogens (tertiary/aromatic N) is 2. The van der Waals surface area contributed by atoms with E-state index in [2.05, 4.69) is 15.8 Å². The van der Waals surface area contributed by atoms with E-state index in [-0.39, 0.29) is 12.5 Å². The van der Waals surface area contributed by atoms with Crippen LogP contribution in [0.3, 0.4) is 0 Å². The maximum atomic E-state index is 12.7. The first-order chi connectivity index (χ1) is 18.2. The number of carbonyl (C=O) groups excluding carboxylic acids is 2. The molecule has 1 atom stereocenters. The minimum absolute atomic E-state index is 0.151. The standard InChI is InChI=1S/C27H30N4O6S/c1-4-36-24-16-12-23(13-17-24)31(38(3,34)35)20(2)27(33)30-28-18-21-10-14-25(15-11-21)37-19-26(32)29-22-8-6-5-7-9-22/h5-18,20H,4,19H2,1-3H3,(H,29,32)(H,30,33)/b28-18-/t20-/m0/s1. The molecule has 0 spiro atoms. The van der Waals surface area contributed by atoms with E-state index in [1.807, 2.05) is 25.1 Å². The average Bonchev–Trinajstić information content (AvgIpc) is 2.89. The van der Waals surface area contributed by atoms with E-state index in [0.29, 0.717) is 35.0 Å². The van der Waals surface area contributed by atoms with Crippen LogP contribution in [0.5, 0.6) is 11.5 Å². The lowest BCUT2D eigenvalue weighted by atomic mass is 10.2. The Labute approximate surface area is 222 Å². The summed E-state index contributed by atoms with van der Waals surface area (Å²) in [6, 6.07) is 21.2. The van der Waals surface area contributed by atoms with Crippen LogP contribution in [0.4, 0.5) is 11.4 Å². The molecule has 0 aliphatic heterocycles. The molecule has 0 aliphatic carbocycles. The van der Waals surface area contributed by atoms with Gasteiger partial charge in [0.25, 0.3) is 11.8 Å². The Hall–Kier alpha value is -4.38. The number of sulfonamides is 1. The van der Waals surface area contributed by atoms with Crippen molar-refractivity contribution in [2.75, 3.05) is 29.1 Å². The lowest BCUT2D eigenvalue weighted by Crippen LogP contribution is -2.46. The van der Waals surface area contributed by atoms with Crippen LogP contribution in [0.15, 0.2) is 84.0 Å². The number of amides is 2. The fourth-order valence-electron chi connectivity index (χ4n) is 3.45. The highest BCUT2D eigenvalue weighted by Crippen LogP contribution is 2.24. The summed E-state index contributed by atoms with van der Waals surface area (Å²) in [6.07, 6.45) is 2.45. The molecule has 0 aliphatic rings. The third-order valence-electron chi connectivity index (χ3n) is 5.19. The van der Waals surface area contributed by atoms with Crippen molar-refractivity contribution in [3.8, 4) is 11.5 Å². The molecule has 3 rings (SSSR count). The maximum Gasteiger partial charge on any atom is 0.263 e. The van der Waals surface area contributed by atoms with Crippen LogP contribution in [0.2, 0.25) is 0 Å². The van der Waals surface area contributed by atoms with E-state index in [1.165, 1.54) is 13.1 Å². The van der Waals surface area contributed by atoms with Crippen molar-refractivity contribution in [1.29, 1.82) is 0 Å². The number of carbonyl (C=O) groups is 2. The van der Waals surface area contributed by atoms with E-state index in [1.54, 1.807) is 60.7 Å². The Kier molecular flexibility index (Phi) is 9.83. The minimum atomic E-state index is -3.76. The van der Waals surface area contributed by atoms with Crippen LogP contribution in [0.1, 0.15) is 19.4 Å². The first-order valence-electron chi connectivity index (χ1n) is 11.8. The number of rotatable bonds is 12. The summed E-state index contributed by atoms with van der Waals surface area (Å²) in [4.78, 5) is 24.7. The second-order valence-corrected chi connectivity index (χ2v) is 10.0. The zero-order valence-electron chi connectivity index (χ0n) is 21.3. The number of benzene rings is 3. The van der Waals surface area contributed by atoms with Gasteiger partial charge in [0.1, 0.15) is 17.5 Å². The van der Waals surface area contributed by atoms with Crippen molar-refractivity contribution in [3.63, 3.8) is 0 Å². The second kappa shape index (κ2) is 13.2. The van der Waals surface area contributed by atoms with E-state index >= 15 is 0 Å². The first-order valence-corrected chi connectivity index (χ1v) is 13.6. The molecule has 0 saturated heterocycles. The lowest BCUT2D eigenvalue weighted by molar-refractivity contribution is -0.121. The summed E-state index contributed by atoms with van der Waals surface area (Å²) in [7, 11) is -3.76. The van der Waals surface area contributed by atoms with Crippen molar-refractivity contribution in [2.24, 2.45) is 5.10 Å². The minimum Gasteiger partial charge on any atom is -0.494 e. The van der Waals surface area contributed by atoms with E-state index in [0.717, 1.165) is 10.6 Å². The van der Waals surface area contributed by atoms with Gasteiger partial charge in [0.15, 0.2) is 6.61 Å². The highest BCUT2D eigenvalue weighted by molar-refractivity contribution is 7.92. The Balaban J connectivity index is 1.54. The molecule has 0 bridgehead atoms. The molecule has 0 unspecified atom stereocenters. The SMILES string of the molecule is CCOc1ccc(N([C@@H](C)C(=O)N/N=C\c2ccc(OCC(=O)Nc3ccccc3)cc2)S(C)(=O)=O)cc1. The summed E-state index contributed by atoms with van der Waals surface area (Å²) < 4.78 is 36.8. The predicted octanol–water partition coefficient (Wildman–Crippen LogP) is 3.41. The number of para-hydroxylation sites is 1. The molecule has 10 nitrogen and oxygen atoms in total. The van der Waals surface area contributed by atoms with E-state index in [4.69, 9.17) is 9.47 Å². The number of anilines is 2. The lowest BCUT2D eigenvalue weighted by Gasteiger charge is -2.27. The van der Waals surface area contributed by atoms with Crippen LogP contribution in [0.25, 0.3) is 0 Å². The van der Waals surface area contributed by atoms with Gasteiger partial charge in [-0.3, -0.25) is 13.9 Å². The van der Waals surface area contributed by atoms with Crippen LogP contribution in [0, 0.1) is 0 Å². The van der Waals surface area contributed by atoms with Crippen LogP contribution in [-0.4, -0.2) is 52.0 Å². The zero-order valence-corrected chi connectivity index (χ0v) is 22.1. The first kappa shape index (κ1) is 28.2. The van der Waals surface area contributed by atoms with Crippen molar-refractivity contribution in [3.05, 3.63) is 84.4 Å². The third-order valence-corrected chi connectivity index (χ3v) is 6.43. The molecule has 0 radical (unpaired) electrons. The van der Waals surface area contributed by atoms with Crippen molar-refractivity contribution >= 4 is 39.4 Å². The predicted molar refractivity (Wildman–Crippen MR) is 147 cm³/mol. The zero-order chi connectivity index (χ0) is 27.5. The van der Waals surface area contributed by atoms with Gasteiger partial charge in [-0.15, -0.1) is 0 Å². The maximum absolute atomic E-state index is 12.7. The normalized spacial score (nSPS) is 12.0. The topological polar surface area (TPSA) is 126 Å². The van der Waals surface area contributed by atoms with Crippen molar-refractivity contribution in [2.45, 2.75) is 19.9 Å². The van der Waals surface area contributed by atoms with Crippen LogP contribution in [-0.2, 0) is 19.6 Å². The Morgan fingerprint density at radius 3 is 2.16 bits per heavy atom. The molecule has 2 N–H and O–H groups in total. The molecule has 2 amide bonds. The number of hydrogen-bond donors (Lipinski definition) is 2. The fourth-order valence-corrected chi connectivity index (χ4v) is 4.62. The number of hydrazone groups is 1. The van der Waals surface area contributed by atoms with Gasteiger partial charge in [-0.05, 0) is 80.1 Å². The summed E-state index contributed by atoms with van der Waals surface area (Å²) in [6.45, 7) is 3.65. The highest BCUT2D eigenvalue weighted by atomic mass is 32.2. The van der Waals surface area contributed by atoms with Gasteiger partial charge in [0.2, 0.25) is 10.0 Å². The van der Waals surface area contributed by atoms with E-state index in [9.17, 15) is 18.0 Å². The van der Waals surface area contributed by atoms with E-state index < -0.39 is 22.0 Å². The summed E-state index contributed by atoms with van der Waals surface area (Å²) in [5, 5.41) is 6.67. The molecule has 3 aromatic rings. The van der Waals surface area contributed by atoms with Gasteiger partial charge in [-0.25, -0.2) is 13.8 Å². The molecular formula is C27H30N4O6S. The Morgan fingerprint density at radius 1 is 0.947 bits per heavy atom. The molecule has 0 saturated carbocycles. The largest absolute Gasteiger partial charge is 0.494 e.